The SMILES string of the molecule is CC(C)(C)n1cc(CNc2cccc3ccncc23)cn1. The molecule has 0 saturated heterocycles. The molecule has 1 N–H and O–H groups in total. The molecule has 3 aromatic rings. The van der Waals surface area contributed by atoms with Gasteiger partial charge in [-0.05, 0) is 38.3 Å². The monoisotopic (exact) mass is 280 g/mol. The maximum atomic E-state index is 4.43. The van der Waals surface area contributed by atoms with Crippen LogP contribution in [-0.2, 0) is 12.1 Å². The summed E-state index contributed by atoms with van der Waals surface area (Å²) in [7, 11) is 0. The number of nitrogens with zero attached hydrogens (tertiary/aromatic N) is 3. The zero-order chi connectivity index (χ0) is 14.9. The van der Waals surface area contributed by atoms with Crippen LogP contribution in [-0.4, -0.2) is 14.8 Å². The van der Waals surface area contributed by atoms with E-state index in [2.05, 4.69) is 60.6 Å². The van der Waals surface area contributed by atoms with Crippen LogP contribution in [0.25, 0.3) is 10.8 Å². The lowest BCUT2D eigenvalue weighted by Gasteiger charge is -2.18. The Kier molecular flexibility index (Phi) is 3.37. The van der Waals surface area contributed by atoms with Crippen LogP contribution >= 0.6 is 0 Å². The highest BCUT2D eigenvalue weighted by atomic mass is 15.3. The van der Waals surface area contributed by atoms with Crippen molar-refractivity contribution in [3.05, 3.63) is 54.6 Å². The van der Waals surface area contributed by atoms with Gasteiger partial charge in [-0.2, -0.15) is 5.10 Å². The number of aromatic nitrogens is 3. The van der Waals surface area contributed by atoms with Crippen molar-refractivity contribution >= 4 is 16.5 Å². The Bertz CT molecular complexity index is 747. The first-order valence-electron chi connectivity index (χ1n) is 7.15. The lowest BCUT2D eigenvalue weighted by Crippen LogP contribution is -2.21. The molecule has 0 aliphatic carbocycles. The van der Waals surface area contributed by atoms with Crippen LogP contribution in [0.5, 0.6) is 0 Å². The van der Waals surface area contributed by atoms with Crippen molar-refractivity contribution in [1.82, 2.24) is 14.8 Å². The minimum atomic E-state index is 0.0155. The molecule has 0 spiro atoms. The van der Waals surface area contributed by atoms with Crippen molar-refractivity contribution in [2.75, 3.05) is 5.32 Å². The molecule has 0 aliphatic heterocycles. The maximum Gasteiger partial charge on any atom is 0.0543 e. The fraction of sp³-hybridized carbons (Fsp3) is 0.294. The molecular formula is C17H20N4. The van der Waals surface area contributed by atoms with Gasteiger partial charge in [-0.1, -0.05) is 12.1 Å². The largest absolute Gasteiger partial charge is 0.380 e. The van der Waals surface area contributed by atoms with Crippen LogP contribution in [0.4, 0.5) is 5.69 Å². The summed E-state index contributed by atoms with van der Waals surface area (Å²) in [5.74, 6) is 0. The predicted octanol–water partition coefficient (Wildman–Crippen LogP) is 3.80. The van der Waals surface area contributed by atoms with Gasteiger partial charge in [0.1, 0.15) is 0 Å². The first-order valence-corrected chi connectivity index (χ1v) is 7.15. The highest BCUT2D eigenvalue weighted by Crippen LogP contribution is 2.22. The van der Waals surface area contributed by atoms with E-state index in [4.69, 9.17) is 0 Å². The lowest BCUT2D eigenvalue weighted by atomic mass is 10.1. The molecule has 4 heteroatoms. The van der Waals surface area contributed by atoms with Crippen LogP contribution in [0.15, 0.2) is 49.1 Å². The average Bonchev–Trinajstić information content (AvgIpc) is 2.94. The van der Waals surface area contributed by atoms with E-state index in [0.29, 0.717) is 0 Å². The summed E-state index contributed by atoms with van der Waals surface area (Å²) in [5, 5.41) is 10.2. The van der Waals surface area contributed by atoms with Gasteiger partial charge in [0.15, 0.2) is 0 Å². The number of fused-ring (bicyclic) bond motifs is 1. The van der Waals surface area contributed by atoms with E-state index < -0.39 is 0 Å². The molecule has 0 unspecified atom stereocenters. The molecule has 0 bridgehead atoms. The minimum absolute atomic E-state index is 0.0155. The van der Waals surface area contributed by atoms with E-state index in [-0.39, 0.29) is 5.54 Å². The van der Waals surface area contributed by atoms with Crippen molar-refractivity contribution in [3.63, 3.8) is 0 Å². The molecule has 0 atom stereocenters. The molecule has 0 radical (unpaired) electrons. The Morgan fingerprint density at radius 1 is 1.14 bits per heavy atom. The van der Waals surface area contributed by atoms with E-state index in [1.54, 1.807) is 0 Å². The Morgan fingerprint density at radius 2 is 2.00 bits per heavy atom. The van der Waals surface area contributed by atoms with Crippen LogP contribution in [0.3, 0.4) is 0 Å². The van der Waals surface area contributed by atoms with Gasteiger partial charge in [0.25, 0.3) is 0 Å². The quantitative estimate of drug-likeness (QED) is 0.793. The molecule has 0 fully saturated rings. The highest BCUT2D eigenvalue weighted by Gasteiger charge is 2.13. The molecule has 3 rings (SSSR count). The Morgan fingerprint density at radius 3 is 2.76 bits per heavy atom. The smallest absolute Gasteiger partial charge is 0.0543 e. The van der Waals surface area contributed by atoms with E-state index in [0.717, 1.165) is 17.6 Å². The standard InChI is InChI=1S/C17H20N4/c1-17(2,3)21-12-13(10-20-21)9-19-16-6-4-5-14-7-8-18-11-15(14)16/h4-8,10-12,19H,9H2,1-3H3. The zero-order valence-corrected chi connectivity index (χ0v) is 12.7. The van der Waals surface area contributed by atoms with Crippen molar-refractivity contribution in [2.24, 2.45) is 0 Å². The first-order chi connectivity index (χ1) is 10.0. The van der Waals surface area contributed by atoms with Crippen molar-refractivity contribution in [1.29, 1.82) is 0 Å². The Balaban J connectivity index is 1.79. The number of rotatable bonds is 3. The Labute approximate surface area is 124 Å². The molecule has 0 amide bonds. The average molecular weight is 280 g/mol. The van der Waals surface area contributed by atoms with Gasteiger partial charge >= 0.3 is 0 Å². The molecule has 1 aromatic carbocycles. The van der Waals surface area contributed by atoms with Gasteiger partial charge < -0.3 is 5.32 Å². The van der Waals surface area contributed by atoms with Gasteiger partial charge in [-0.15, -0.1) is 0 Å². The number of nitrogens with one attached hydrogen (secondary N) is 1. The summed E-state index contributed by atoms with van der Waals surface area (Å²) >= 11 is 0. The van der Waals surface area contributed by atoms with Gasteiger partial charge in [-0.25, -0.2) is 0 Å². The molecular weight excluding hydrogens is 260 g/mol. The van der Waals surface area contributed by atoms with Gasteiger partial charge in [0, 0.05) is 41.8 Å². The number of anilines is 1. The van der Waals surface area contributed by atoms with E-state index in [9.17, 15) is 0 Å². The summed E-state index contributed by atoms with van der Waals surface area (Å²) in [5.41, 5.74) is 2.29. The molecule has 0 saturated carbocycles. The van der Waals surface area contributed by atoms with Crippen LogP contribution in [0.2, 0.25) is 0 Å². The van der Waals surface area contributed by atoms with Crippen molar-refractivity contribution in [2.45, 2.75) is 32.9 Å². The topological polar surface area (TPSA) is 42.7 Å². The molecule has 108 valence electrons. The normalized spacial score (nSPS) is 11.8. The van der Waals surface area contributed by atoms with Crippen molar-refractivity contribution in [3.8, 4) is 0 Å². The summed E-state index contributed by atoms with van der Waals surface area (Å²) in [4.78, 5) is 4.21. The third kappa shape index (κ3) is 2.89. The number of hydrogen-bond acceptors (Lipinski definition) is 3. The third-order valence-corrected chi connectivity index (χ3v) is 3.49. The molecule has 2 aromatic heterocycles. The summed E-state index contributed by atoms with van der Waals surface area (Å²) in [6.07, 6.45) is 7.73. The van der Waals surface area contributed by atoms with Gasteiger partial charge in [-0.3, -0.25) is 9.67 Å². The molecule has 2 heterocycles. The van der Waals surface area contributed by atoms with Gasteiger partial charge in [0.05, 0.1) is 11.7 Å². The van der Waals surface area contributed by atoms with Crippen molar-refractivity contribution < 1.29 is 0 Å². The third-order valence-electron chi connectivity index (χ3n) is 3.49. The fourth-order valence-electron chi connectivity index (χ4n) is 2.28. The zero-order valence-electron chi connectivity index (χ0n) is 12.7. The second-order valence-corrected chi connectivity index (χ2v) is 6.22. The second-order valence-electron chi connectivity index (χ2n) is 6.22. The van der Waals surface area contributed by atoms with Gasteiger partial charge in [0.2, 0.25) is 0 Å². The van der Waals surface area contributed by atoms with E-state index in [1.165, 1.54) is 10.9 Å². The molecule has 21 heavy (non-hydrogen) atoms. The lowest BCUT2D eigenvalue weighted by molar-refractivity contribution is 0.355. The summed E-state index contributed by atoms with van der Waals surface area (Å²) < 4.78 is 1.99. The second kappa shape index (κ2) is 5.20. The molecule has 4 nitrogen and oxygen atoms in total. The summed E-state index contributed by atoms with van der Waals surface area (Å²) in [6, 6.07) is 8.26. The Hall–Kier alpha value is -2.36. The first kappa shape index (κ1) is 13.6. The fourth-order valence-corrected chi connectivity index (χ4v) is 2.28. The van der Waals surface area contributed by atoms with E-state index >= 15 is 0 Å². The van der Waals surface area contributed by atoms with Crippen LogP contribution in [0, 0.1) is 0 Å². The number of pyridine rings is 1. The summed E-state index contributed by atoms with van der Waals surface area (Å²) in [6.45, 7) is 7.19. The number of benzene rings is 1. The minimum Gasteiger partial charge on any atom is -0.380 e. The van der Waals surface area contributed by atoms with Crippen LogP contribution in [0.1, 0.15) is 26.3 Å². The van der Waals surface area contributed by atoms with Crippen LogP contribution < -0.4 is 5.32 Å². The number of hydrogen-bond donors (Lipinski definition) is 1. The maximum absolute atomic E-state index is 4.43. The predicted molar refractivity (Wildman–Crippen MR) is 86.3 cm³/mol. The molecule has 0 aliphatic rings. The van der Waals surface area contributed by atoms with E-state index in [1.807, 2.05) is 29.3 Å². The highest BCUT2D eigenvalue weighted by molar-refractivity contribution is 5.92.